The molecule has 1 N–H and O–H groups in total. The molecule has 0 spiro atoms. The summed E-state index contributed by atoms with van der Waals surface area (Å²) in [5, 5.41) is 10.1. The lowest BCUT2D eigenvalue weighted by Crippen LogP contribution is -2.33. The standard InChI is InChI=1S/C12H17NO2/c1-13(2)9-7-11(14)10-5-3-4-6-12(10)15-8-9/h3-6,9,11,14H,7-8H2,1-2H3/t9-,11+/m0/s1. The highest BCUT2D eigenvalue weighted by atomic mass is 16.5. The summed E-state index contributed by atoms with van der Waals surface area (Å²) in [5.41, 5.74) is 0.904. The van der Waals surface area contributed by atoms with Gasteiger partial charge in [0.2, 0.25) is 0 Å². The molecule has 0 fully saturated rings. The minimum Gasteiger partial charge on any atom is -0.492 e. The molecule has 1 aromatic carbocycles. The lowest BCUT2D eigenvalue weighted by atomic mass is 10.0. The van der Waals surface area contributed by atoms with E-state index in [0.717, 1.165) is 17.7 Å². The molecule has 0 amide bonds. The summed E-state index contributed by atoms with van der Waals surface area (Å²) in [4.78, 5) is 2.09. The molecule has 0 unspecified atom stereocenters. The Balaban J connectivity index is 2.24. The number of rotatable bonds is 1. The molecule has 1 aromatic rings. The van der Waals surface area contributed by atoms with Crippen LogP contribution in [0.15, 0.2) is 24.3 Å². The van der Waals surface area contributed by atoms with Crippen molar-refractivity contribution >= 4 is 0 Å². The number of fused-ring (bicyclic) bond motifs is 1. The molecule has 3 nitrogen and oxygen atoms in total. The van der Waals surface area contributed by atoms with E-state index in [0.29, 0.717) is 6.61 Å². The van der Waals surface area contributed by atoms with E-state index < -0.39 is 6.10 Å². The van der Waals surface area contributed by atoms with Gasteiger partial charge in [0.05, 0.1) is 6.10 Å². The number of nitrogens with zero attached hydrogens (tertiary/aromatic N) is 1. The quantitative estimate of drug-likeness (QED) is 0.756. The summed E-state index contributed by atoms with van der Waals surface area (Å²) < 4.78 is 5.69. The summed E-state index contributed by atoms with van der Waals surface area (Å²) in [7, 11) is 4.02. The number of benzene rings is 1. The Bertz CT molecular complexity index is 338. The highest BCUT2D eigenvalue weighted by Crippen LogP contribution is 2.31. The van der Waals surface area contributed by atoms with Crippen LogP contribution in [0, 0.1) is 0 Å². The maximum Gasteiger partial charge on any atom is 0.125 e. The van der Waals surface area contributed by atoms with Crippen molar-refractivity contribution < 1.29 is 9.84 Å². The predicted octanol–water partition coefficient (Wildman–Crippen LogP) is 1.43. The van der Waals surface area contributed by atoms with Crippen molar-refractivity contribution in [1.82, 2.24) is 4.90 Å². The zero-order valence-corrected chi connectivity index (χ0v) is 9.18. The zero-order valence-electron chi connectivity index (χ0n) is 9.18. The molecule has 2 rings (SSSR count). The van der Waals surface area contributed by atoms with Gasteiger partial charge in [-0.05, 0) is 26.6 Å². The monoisotopic (exact) mass is 207 g/mol. The van der Waals surface area contributed by atoms with Crippen LogP contribution in [0.5, 0.6) is 5.75 Å². The van der Waals surface area contributed by atoms with Crippen LogP contribution in [-0.2, 0) is 0 Å². The first-order valence-electron chi connectivity index (χ1n) is 5.24. The fourth-order valence-electron chi connectivity index (χ4n) is 1.89. The molecular weight excluding hydrogens is 190 g/mol. The number of hydrogen-bond acceptors (Lipinski definition) is 3. The lowest BCUT2D eigenvalue weighted by molar-refractivity contribution is 0.116. The van der Waals surface area contributed by atoms with Gasteiger partial charge in [0.25, 0.3) is 0 Å². The van der Waals surface area contributed by atoms with Crippen LogP contribution in [0.25, 0.3) is 0 Å². The van der Waals surface area contributed by atoms with E-state index in [-0.39, 0.29) is 6.04 Å². The van der Waals surface area contributed by atoms with Gasteiger partial charge in [0, 0.05) is 11.6 Å². The molecule has 0 aromatic heterocycles. The van der Waals surface area contributed by atoms with Gasteiger partial charge in [-0.2, -0.15) is 0 Å². The highest BCUT2D eigenvalue weighted by Gasteiger charge is 2.24. The van der Waals surface area contributed by atoms with Gasteiger partial charge in [0.1, 0.15) is 12.4 Å². The SMILES string of the molecule is CN(C)[C@@H]1COc2ccccc2[C@H](O)C1. The molecule has 2 atom stereocenters. The molecule has 1 aliphatic rings. The second kappa shape index (κ2) is 4.21. The molecule has 0 aliphatic carbocycles. The summed E-state index contributed by atoms with van der Waals surface area (Å²) in [5.74, 6) is 0.814. The van der Waals surface area contributed by atoms with Crippen LogP contribution in [-0.4, -0.2) is 36.8 Å². The Hall–Kier alpha value is -1.06. The largest absolute Gasteiger partial charge is 0.492 e. The molecule has 0 radical (unpaired) electrons. The maximum absolute atomic E-state index is 10.1. The summed E-state index contributed by atoms with van der Waals surface area (Å²) in [6, 6.07) is 7.98. The first kappa shape index (κ1) is 10.5. The van der Waals surface area contributed by atoms with Crippen molar-refractivity contribution in [2.45, 2.75) is 18.6 Å². The molecule has 0 saturated heterocycles. The summed E-state index contributed by atoms with van der Waals surface area (Å²) in [6.45, 7) is 0.640. The van der Waals surface area contributed by atoms with Crippen LogP contribution < -0.4 is 4.74 Å². The third-order valence-electron chi connectivity index (χ3n) is 2.93. The van der Waals surface area contributed by atoms with Crippen molar-refractivity contribution in [3.05, 3.63) is 29.8 Å². The number of aliphatic hydroxyl groups excluding tert-OH is 1. The van der Waals surface area contributed by atoms with Gasteiger partial charge in [0.15, 0.2) is 0 Å². The van der Waals surface area contributed by atoms with E-state index in [2.05, 4.69) is 4.90 Å². The van der Waals surface area contributed by atoms with Gasteiger partial charge in [-0.15, -0.1) is 0 Å². The van der Waals surface area contributed by atoms with Crippen molar-refractivity contribution in [3.63, 3.8) is 0 Å². The first-order chi connectivity index (χ1) is 7.18. The maximum atomic E-state index is 10.1. The number of para-hydroxylation sites is 1. The van der Waals surface area contributed by atoms with Crippen LogP contribution in [0.2, 0.25) is 0 Å². The van der Waals surface area contributed by atoms with Crippen molar-refractivity contribution in [2.75, 3.05) is 20.7 Å². The topological polar surface area (TPSA) is 32.7 Å². The van der Waals surface area contributed by atoms with Gasteiger partial charge in [-0.3, -0.25) is 0 Å². The number of likely N-dealkylation sites (N-methyl/N-ethyl adjacent to an activating group) is 1. The fourth-order valence-corrected chi connectivity index (χ4v) is 1.89. The zero-order chi connectivity index (χ0) is 10.8. The van der Waals surface area contributed by atoms with Crippen molar-refractivity contribution in [2.24, 2.45) is 0 Å². The molecule has 82 valence electrons. The van der Waals surface area contributed by atoms with Gasteiger partial charge in [-0.25, -0.2) is 0 Å². The summed E-state index contributed by atoms with van der Waals surface area (Å²) >= 11 is 0. The minimum absolute atomic E-state index is 0.271. The first-order valence-corrected chi connectivity index (χ1v) is 5.24. The lowest BCUT2D eigenvalue weighted by Gasteiger charge is -2.22. The smallest absolute Gasteiger partial charge is 0.125 e. The number of aliphatic hydroxyl groups is 1. The molecule has 15 heavy (non-hydrogen) atoms. The third kappa shape index (κ3) is 2.13. The molecule has 0 saturated carbocycles. The van der Waals surface area contributed by atoms with Crippen LogP contribution in [0.1, 0.15) is 18.1 Å². The van der Waals surface area contributed by atoms with Crippen molar-refractivity contribution in [1.29, 1.82) is 0 Å². The van der Waals surface area contributed by atoms with E-state index in [1.54, 1.807) is 0 Å². The fraction of sp³-hybridized carbons (Fsp3) is 0.500. The van der Waals surface area contributed by atoms with Gasteiger partial charge < -0.3 is 14.7 Å². The number of hydrogen-bond donors (Lipinski definition) is 1. The number of ether oxygens (including phenoxy) is 1. The minimum atomic E-state index is -0.420. The Labute approximate surface area is 90.3 Å². The summed E-state index contributed by atoms with van der Waals surface area (Å²) in [6.07, 6.45) is 0.306. The molecule has 0 bridgehead atoms. The van der Waals surface area contributed by atoms with Crippen LogP contribution in [0.4, 0.5) is 0 Å². The Morgan fingerprint density at radius 2 is 2.07 bits per heavy atom. The molecule has 3 heteroatoms. The third-order valence-corrected chi connectivity index (χ3v) is 2.93. The Morgan fingerprint density at radius 3 is 2.80 bits per heavy atom. The van der Waals surface area contributed by atoms with E-state index in [4.69, 9.17) is 4.74 Å². The average Bonchev–Trinajstić information content (AvgIpc) is 2.39. The Kier molecular flexibility index (Phi) is 2.93. The second-order valence-corrected chi connectivity index (χ2v) is 4.22. The van der Waals surface area contributed by atoms with E-state index >= 15 is 0 Å². The van der Waals surface area contributed by atoms with E-state index in [9.17, 15) is 5.11 Å². The van der Waals surface area contributed by atoms with E-state index in [1.165, 1.54) is 0 Å². The molecule has 1 aliphatic heterocycles. The van der Waals surface area contributed by atoms with Crippen molar-refractivity contribution in [3.8, 4) is 5.75 Å². The average molecular weight is 207 g/mol. The molecule has 1 heterocycles. The van der Waals surface area contributed by atoms with E-state index in [1.807, 2.05) is 38.4 Å². The second-order valence-electron chi connectivity index (χ2n) is 4.22. The van der Waals surface area contributed by atoms with Crippen LogP contribution >= 0.6 is 0 Å². The van der Waals surface area contributed by atoms with Gasteiger partial charge in [-0.1, -0.05) is 18.2 Å². The molecular formula is C12H17NO2. The van der Waals surface area contributed by atoms with Crippen LogP contribution in [0.3, 0.4) is 0 Å². The van der Waals surface area contributed by atoms with Gasteiger partial charge >= 0.3 is 0 Å². The normalized spacial score (nSPS) is 25.6. The predicted molar refractivity (Wildman–Crippen MR) is 59.0 cm³/mol. The highest BCUT2D eigenvalue weighted by molar-refractivity contribution is 5.35. The Morgan fingerprint density at radius 1 is 1.33 bits per heavy atom.